The summed E-state index contributed by atoms with van der Waals surface area (Å²) in [6.07, 6.45) is 0. The average Bonchev–Trinajstić information content (AvgIpc) is 2.31. The molecule has 0 aromatic heterocycles. The Labute approximate surface area is 118 Å². The van der Waals surface area contributed by atoms with Gasteiger partial charge in [0.05, 0.1) is 0 Å². The molecular weight excluding hydrogens is 271 g/mol. The highest BCUT2D eigenvalue weighted by atomic mass is 35.5. The summed E-state index contributed by atoms with van der Waals surface area (Å²) in [5.41, 5.74) is 0.885. The molecule has 0 aliphatic carbocycles. The van der Waals surface area contributed by atoms with Crippen molar-refractivity contribution in [3.05, 3.63) is 33.8 Å². The molecule has 1 rings (SSSR count). The van der Waals surface area contributed by atoms with Crippen LogP contribution in [0.2, 0.25) is 10.0 Å². The first-order chi connectivity index (χ1) is 8.52. The van der Waals surface area contributed by atoms with Crippen molar-refractivity contribution < 1.29 is 4.79 Å². The number of rotatable bonds is 6. The van der Waals surface area contributed by atoms with Gasteiger partial charge in [-0.1, -0.05) is 43.1 Å². The number of hydrogen-bond acceptors (Lipinski definition) is 2. The molecule has 0 aliphatic heterocycles. The molecule has 100 valence electrons. The zero-order valence-electron chi connectivity index (χ0n) is 10.6. The Bertz CT molecular complexity index is 388. The molecule has 0 spiro atoms. The number of benzene rings is 1. The zero-order chi connectivity index (χ0) is 13.5. The second-order valence-corrected chi connectivity index (χ2v) is 5.14. The quantitative estimate of drug-likeness (QED) is 0.791. The second kappa shape index (κ2) is 7.62. The molecule has 3 nitrogen and oxygen atoms in total. The van der Waals surface area contributed by atoms with Gasteiger partial charge in [0.25, 0.3) is 0 Å². The van der Waals surface area contributed by atoms with E-state index >= 15 is 0 Å². The Morgan fingerprint density at radius 2 is 1.83 bits per heavy atom. The van der Waals surface area contributed by atoms with Crippen molar-refractivity contribution in [3.8, 4) is 0 Å². The topological polar surface area (TPSA) is 41.1 Å². The van der Waals surface area contributed by atoms with Crippen LogP contribution in [0.15, 0.2) is 18.2 Å². The van der Waals surface area contributed by atoms with Crippen molar-refractivity contribution in [2.45, 2.75) is 20.4 Å². The summed E-state index contributed by atoms with van der Waals surface area (Å²) < 4.78 is 0. The standard InChI is InChI=1S/C13H18Cl2N2O/c1-9(2)13(18)17-7-6-16-8-10-11(14)4-3-5-12(10)15/h3-5,9,16H,6-8H2,1-2H3,(H,17,18). The molecule has 0 aliphatic rings. The lowest BCUT2D eigenvalue weighted by Crippen LogP contribution is -2.34. The van der Waals surface area contributed by atoms with Crippen molar-refractivity contribution in [1.29, 1.82) is 0 Å². The van der Waals surface area contributed by atoms with Crippen molar-refractivity contribution in [2.75, 3.05) is 13.1 Å². The fraction of sp³-hybridized carbons (Fsp3) is 0.462. The molecule has 0 fully saturated rings. The molecule has 0 saturated heterocycles. The van der Waals surface area contributed by atoms with Crippen LogP contribution in [0.25, 0.3) is 0 Å². The molecule has 2 N–H and O–H groups in total. The van der Waals surface area contributed by atoms with Crippen molar-refractivity contribution in [1.82, 2.24) is 10.6 Å². The van der Waals surface area contributed by atoms with E-state index in [0.29, 0.717) is 29.7 Å². The zero-order valence-corrected chi connectivity index (χ0v) is 12.1. The van der Waals surface area contributed by atoms with Crippen LogP contribution < -0.4 is 10.6 Å². The van der Waals surface area contributed by atoms with Gasteiger partial charge in [-0.05, 0) is 12.1 Å². The van der Waals surface area contributed by atoms with E-state index in [2.05, 4.69) is 10.6 Å². The number of carbonyl (C=O) groups excluding carboxylic acids is 1. The molecule has 0 saturated carbocycles. The first-order valence-electron chi connectivity index (χ1n) is 5.93. The van der Waals surface area contributed by atoms with Gasteiger partial charge in [-0.25, -0.2) is 0 Å². The number of carbonyl (C=O) groups is 1. The molecule has 18 heavy (non-hydrogen) atoms. The van der Waals surface area contributed by atoms with Gasteiger partial charge < -0.3 is 10.6 Å². The van der Waals surface area contributed by atoms with Crippen LogP contribution in [0.5, 0.6) is 0 Å². The van der Waals surface area contributed by atoms with Crippen LogP contribution >= 0.6 is 23.2 Å². The van der Waals surface area contributed by atoms with Crippen LogP contribution in [-0.4, -0.2) is 19.0 Å². The maximum atomic E-state index is 11.3. The molecular formula is C13H18Cl2N2O. The van der Waals surface area contributed by atoms with Gasteiger partial charge in [-0.2, -0.15) is 0 Å². The van der Waals surface area contributed by atoms with Gasteiger partial charge in [0.2, 0.25) is 5.91 Å². The summed E-state index contributed by atoms with van der Waals surface area (Å²) in [6.45, 7) is 5.60. The molecule has 1 amide bonds. The highest BCUT2D eigenvalue weighted by Crippen LogP contribution is 2.23. The van der Waals surface area contributed by atoms with E-state index in [9.17, 15) is 4.79 Å². The SMILES string of the molecule is CC(C)C(=O)NCCNCc1c(Cl)cccc1Cl. The molecule has 1 aromatic carbocycles. The summed E-state index contributed by atoms with van der Waals surface area (Å²) in [5, 5.41) is 7.33. The van der Waals surface area contributed by atoms with Crippen molar-refractivity contribution in [3.63, 3.8) is 0 Å². The summed E-state index contributed by atoms with van der Waals surface area (Å²) in [4.78, 5) is 11.3. The number of halogens is 2. The maximum Gasteiger partial charge on any atom is 0.222 e. The average molecular weight is 289 g/mol. The Hall–Kier alpha value is -0.770. The molecule has 1 aromatic rings. The van der Waals surface area contributed by atoms with Gasteiger partial charge in [0, 0.05) is 41.2 Å². The lowest BCUT2D eigenvalue weighted by atomic mass is 10.2. The van der Waals surface area contributed by atoms with Crippen molar-refractivity contribution in [2.24, 2.45) is 5.92 Å². The predicted molar refractivity (Wildman–Crippen MR) is 76.0 cm³/mol. The van der Waals surface area contributed by atoms with Crippen LogP contribution in [-0.2, 0) is 11.3 Å². The van der Waals surface area contributed by atoms with Gasteiger partial charge in [-0.3, -0.25) is 4.79 Å². The Balaban J connectivity index is 2.28. The largest absolute Gasteiger partial charge is 0.355 e. The minimum absolute atomic E-state index is 0.0167. The van der Waals surface area contributed by atoms with Gasteiger partial charge in [0.15, 0.2) is 0 Å². The number of amides is 1. The summed E-state index contributed by atoms with van der Waals surface area (Å²) in [5.74, 6) is 0.0792. The monoisotopic (exact) mass is 288 g/mol. The third-order valence-corrected chi connectivity index (χ3v) is 3.20. The summed E-state index contributed by atoms with van der Waals surface area (Å²) >= 11 is 12.1. The van der Waals surface area contributed by atoms with Crippen LogP contribution in [0.1, 0.15) is 19.4 Å². The normalized spacial score (nSPS) is 10.7. The number of hydrogen-bond donors (Lipinski definition) is 2. The van der Waals surface area contributed by atoms with Crippen LogP contribution in [0.4, 0.5) is 0 Å². The fourth-order valence-corrected chi connectivity index (χ4v) is 1.92. The number of nitrogens with one attached hydrogen (secondary N) is 2. The first-order valence-corrected chi connectivity index (χ1v) is 6.69. The van der Waals surface area contributed by atoms with E-state index in [1.807, 2.05) is 32.0 Å². The van der Waals surface area contributed by atoms with E-state index in [-0.39, 0.29) is 11.8 Å². The molecule has 0 unspecified atom stereocenters. The predicted octanol–water partition coefficient (Wildman–Crippen LogP) is 2.86. The van der Waals surface area contributed by atoms with E-state index in [1.54, 1.807) is 0 Å². The van der Waals surface area contributed by atoms with Gasteiger partial charge in [0.1, 0.15) is 0 Å². The molecule has 0 radical (unpaired) electrons. The fourth-order valence-electron chi connectivity index (χ4n) is 1.39. The lowest BCUT2D eigenvalue weighted by molar-refractivity contribution is -0.123. The molecule has 0 bridgehead atoms. The third-order valence-electron chi connectivity index (χ3n) is 2.49. The maximum absolute atomic E-state index is 11.3. The lowest BCUT2D eigenvalue weighted by Gasteiger charge is -2.10. The van der Waals surface area contributed by atoms with E-state index in [4.69, 9.17) is 23.2 Å². The second-order valence-electron chi connectivity index (χ2n) is 4.32. The van der Waals surface area contributed by atoms with Crippen LogP contribution in [0.3, 0.4) is 0 Å². The Kier molecular flexibility index (Phi) is 6.47. The van der Waals surface area contributed by atoms with E-state index in [1.165, 1.54) is 0 Å². The highest BCUT2D eigenvalue weighted by Gasteiger charge is 2.06. The summed E-state index contributed by atoms with van der Waals surface area (Å²) in [6, 6.07) is 5.44. The smallest absolute Gasteiger partial charge is 0.222 e. The molecule has 5 heteroatoms. The highest BCUT2D eigenvalue weighted by molar-refractivity contribution is 6.35. The van der Waals surface area contributed by atoms with E-state index < -0.39 is 0 Å². The Morgan fingerprint density at radius 1 is 1.22 bits per heavy atom. The van der Waals surface area contributed by atoms with Crippen LogP contribution in [0, 0.1) is 5.92 Å². The van der Waals surface area contributed by atoms with Crippen molar-refractivity contribution >= 4 is 29.1 Å². The summed E-state index contributed by atoms with van der Waals surface area (Å²) in [7, 11) is 0. The first kappa shape index (κ1) is 15.3. The van der Waals surface area contributed by atoms with E-state index in [0.717, 1.165) is 5.56 Å². The van der Waals surface area contributed by atoms with Gasteiger partial charge in [-0.15, -0.1) is 0 Å². The molecule has 0 atom stereocenters. The third kappa shape index (κ3) is 4.84. The van der Waals surface area contributed by atoms with Gasteiger partial charge >= 0.3 is 0 Å². The molecule has 0 heterocycles. The minimum Gasteiger partial charge on any atom is -0.355 e. The minimum atomic E-state index is 0.0167. The Morgan fingerprint density at radius 3 is 2.39 bits per heavy atom.